The lowest BCUT2D eigenvalue weighted by molar-refractivity contribution is -0.684. The van der Waals surface area contributed by atoms with Crippen LogP contribution >= 0.6 is 15.9 Å². The van der Waals surface area contributed by atoms with Gasteiger partial charge >= 0.3 is 0 Å². The Labute approximate surface area is 160 Å². The first-order chi connectivity index (χ1) is 12.5. The zero-order valence-corrected chi connectivity index (χ0v) is 15.9. The maximum atomic E-state index is 12.4. The molecule has 0 aliphatic carbocycles. The van der Waals surface area contributed by atoms with Crippen molar-refractivity contribution in [3.63, 3.8) is 0 Å². The van der Waals surface area contributed by atoms with Gasteiger partial charge in [-0.2, -0.15) is 4.57 Å². The fourth-order valence-electron chi connectivity index (χ4n) is 2.59. The Kier molecular flexibility index (Phi) is 5.58. The van der Waals surface area contributed by atoms with Crippen LogP contribution in [0.1, 0.15) is 21.5 Å². The normalized spacial score (nSPS) is 10.4. The molecule has 0 fully saturated rings. The summed E-state index contributed by atoms with van der Waals surface area (Å²) in [5.74, 6) is -0.157. The summed E-state index contributed by atoms with van der Waals surface area (Å²) < 4.78 is 2.71. The van der Waals surface area contributed by atoms with Gasteiger partial charge in [0.2, 0.25) is 6.54 Å². The molecular weight excluding hydrogens is 392 g/mol. The number of nitrogens with one attached hydrogen (secondary N) is 1. The van der Waals surface area contributed by atoms with Crippen molar-refractivity contribution < 1.29 is 14.2 Å². The smallest absolute Gasteiger partial charge is 0.290 e. The summed E-state index contributed by atoms with van der Waals surface area (Å²) >= 11 is 3.41. The van der Waals surface area contributed by atoms with Crippen molar-refractivity contribution >= 4 is 33.3 Å². The van der Waals surface area contributed by atoms with Crippen LogP contribution in [0, 0.1) is 6.92 Å². The molecule has 3 aromatic rings. The van der Waals surface area contributed by atoms with E-state index in [1.165, 1.54) is 0 Å². The van der Waals surface area contributed by atoms with Crippen molar-refractivity contribution in [1.29, 1.82) is 0 Å². The number of hydrogen-bond donors (Lipinski definition) is 1. The average Bonchev–Trinajstić information content (AvgIpc) is 2.65. The minimum atomic E-state index is -0.123. The molecule has 0 atom stereocenters. The first-order valence-corrected chi connectivity index (χ1v) is 8.97. The number of carbonyl (C=O) groups is 2. The van der Waals surface area contributed by atoms with Crippen LogP contribution in [0.25, 0.3) is 0 Å². The number of anilines is 1. The Bertz CT molecular complexity index is 938. The van der Waals surface area contributed by atoms with Crippen molar-refractivity contribution in [2.75, 3.05) is 5.32 Å². The van der Waals surface area contributed by atoms with Crippen LogP contribution in [0.5, 0.6) is 0 Å². The molecule has 1 aromatic heterocycles. The van der Waals surface area contributed by atoms with Gasteiger partial charge in [-0.3, -0.25) is 9.59 Å². The summed E-state index contributed by atoms with van der Waals surface area (Å²) in [5, 5.41) is 2.90. The molecule has 0 bridgehead atoms. The molecule has 2 aromatic carbocycles. The van der Waals surface area contributed by atoms with Gasteiger partial charge < -0.3 is 5.32 Å². The van der Waals surface area contributed by atoms with Crippen molar-refractivity contribution in [1.82, 2.24) is 0 Å². The molecule has 5 heteroatoms. The highest BCUT2D eigenvalue weighted by molar-refractivity contribution is 9.10. The maximum Gasteiger partial charge on any atom is 0.290 e. The van der Waals surface area contributed by atoms with Crippen molar-refractivity contribution in [2.24, 2.45) is 0 Å². The Hall–Kier alpha value is -2.79. The largest absolute Gasteiger partial charge is 0.320 e. The predicted octanol–water partition coefficient (Wildman–Crippen LogP) is 3.91. The molecule has 4 nitrogen and oxygen atoms in total. The van der Waals surface area contributed by atoms with Crippen molar-refractivity contribution in [3.05, 3.63) is 94.2 Å². The highest BCUT2D eigenvalue weighted by Gasteiger charge is 2.13. The van der Waals surface area contributed by atoms with Crippen LogP contribution in [0.4, 0.5) is 5.69 Å². The van der Waals surface area contributed by atoms with Gasteiger partial charge in [-0.05, 0) is 30.7 Å². The lowest BCUT2D eigenvalue weighted by Crippen LogP contribution is -2.39. The molecular formula is C21H18BrN2O2+. The maximum absolute atomic E-state index is 12.4. The number of carbonyl (C=O) groups excluding carboxylic acids is 2. The number of aromatic nitrogens is 1. The number of benzene rings is 2. The molecule has 1 heterocycles. The van der Waals surface area contributed by atoms with Crippen LogP contribution in [-0.2, 0) is 11.3 Å². The van der Waals surface area contributed by atoms with Gasteiger partial charge in [-0.25, -0.2) is 0 Å². The van der Waals surface area contributed by atoms with Crippen LogP contribution in [0.15, 0.2) is 77.5 Å². The zero-order chi connectivity index (χ0) is 18.5. The van der Waals surface area contributed by atoms with Crippen molar-refractivity contribution in [3.8, 4) is 0 Å². The van der Waals surface area contributed by atoms with Crippen molar-refractivity contribution in [2.45, 2.75) is 13.5 Å². The highest BCUT2D eigenvalue weighted by Crippen LogP contribution is 2.19. The number of pyridine rings is 1. The SMILES string of the molecule is Cc1cc(Br)ccc1NC(=O)C[n+]1ccc(C(=O)c2ccccc2)cc1. The first kappa shape index (κ1) is 18.0. The van der Waals surface area contributed by atoms with E-state index in [4.69, 9.17) is 0 Å². The summed E-state index contributed by atoms with van der Waals surface area (Å²) in [6, 6.07) is 18.3. The monoisotopic (exact) mass is 409 g/mol. The minimum Gasteiger partial charge on any atom is -0.320 e. The minimum absolute atomic E-state index is 0.0345. The van der Waals surface area contributed by atoms with Crippen LogP contribution < -0.4 is 9.88 Å². The van der Waals surface area contributed by atoms with Gasteiger partial charge in [0.05, 0.1) is 0 Å². The molecule has 0 unspecified atom stereocenters. The van der Waals surface area contributed by atoms with Gasteiger partial charge in [0.15, 0.2) is 18.2 Å². The molecule has 0 saturated heterocycles. The Balaban J connectivity index is 1.65. The van der Waals surface area contributed by atoms with Crippen LogP contribution in [-0.4, -0.2) is 11.7 Å². The lowest BCUT2D eigenvalue weighted by Gasteiger charge is -2.07. The molecule has 3 rings (SSSR count). The van der Waals surface area contributed by atoms with E-state index in [1.807, 2.05) is 43.3 Å². The molecule has 130 valence electrons. The predicted molar refractivity (Wildman–Crippen MR) is 104 cm³/mol. The Morgan fingerprint density at radius 3 is 2.27 bits per heavy atom. The van der Waals surface area contributed by atoms with E-state index >= 15 is 0 Å². The fraction of sp³-hybridized carbons (Fsp3) is 0.0952. The highest BCUT2D eigenvalue weighted by atomic mass is 79.9. The molecule has 1 amide bonds. The number of halogens is 1. The Morgan fingerprint density at radius 1 is 0.962 bits per heavy atom. The second-order valence-electron chi connectivity index (χ2n) is 5.96. The summed E-state index contributed by atoms with van der Waals surface area (Å²) in [4.78, 5) is 24.6. The fourth-order valence-corrected chi connectivity index (χ4v) is 3.07. The summed E-state index contributed by atoms with van der Waals surface area (Å²) in [6.07, 6.45) is 3.48. The number of aryl methyl sites for hydroxylation is 1. The molecule has 26 heavy (non-hydrogen) atoms. The third-order valence-corrected chi connectivity index (χ3v) is 4.47. The van der Waals surface area contributed by atoms with Gasteiger partial charge in [0, 0.05) is 33.4 Å². The van der Waals surface area contributed by atoms with Crippen LogP contribution in [0.3, 0.4) is 0 Å². The number of hydrogen-bond acceptors (Lipinski definition) is 2. The van der Waals surface area contributed by atoms with Gasteiger partial charge in [0.1, 0.15) is 0 Å². The molecule has 0 aliphatic rings. The van der Waals surface area contributed by atoms with E-state index < -0.39 is 0 Å². The van der Waals surface area contributed by atoms with E-state index in [0.29, 0.717) is 11.1 Å². The van der Waals surface area contributed by atoms with Gasteiger partial charge in [0.25, 0.3) is 5.91 Å². The second-order valence-corrected chi connectivity index (χ2v) is 6.88. The third kappa shape index (κ3) is 4.43. The quantitative estimate of drug-likeness (QED) is 0.512. The van der Waals surface area contributed by atoms with E-state index in [0.717, 1.165) is 15.7 Å². The Morgan fingerprint density at radius 2 is 1.62 bits per heavy atom. The summed E-state index contributed by atoms with van der Waals surface area (Å²) in [6.45, 7) is 2.12. The number of nitrogens with zero attached hydrogens (tertiary/aromatic N) is 1. The molecule has 0 aliphatic heterocycles. The molecule has 0 radical (unpaired) electrons. The van der Waals surface area contributed by atoms with Crippen LogP contribution in [0.2, 0.25) is 0 Å². The average molecular weight is 410 g/mol. The third-order valence-electron chi connectivity index (χ3n) is 3.98. The summed E-state index contributed by atoms with van der Waals surface area (Å²) in [5.41, 5.74) is 3.02. The summed E-state index contributed by atoms with van der Waals surface area (Å²) in [7, 11) is 0. The first-order valence-electron chi connectivity index (χ1n) is 8.18. The molecule has 0 saturated carbocycles. The molecule has 0 spiro atoms. The lowest BCUT2D eigenvalue weighted by atomic mass is 10.0. The standard InChI is InChI=1S/C21H17BrN2O2/c1-15-13-18(22)7-8-19(15)23-20(25)14-24-11-9-17(10-12-24)21(26)16-5-3-2-4-6-16/h2-13H,14H2,1H3/p+1. The van der Waals surface area contributed by atoms with E-state index in [2.05, 4.69) is 21.2 Å². The number of ketones is 1. The topological polar surface area (TPSA) is 50.1 Å². The van der Waals surface area contributed by atoms with Gasteiger partial charge in [-0.15, -0.1) is 0 Å². The zero-order valence-electron chi connectivity index (χ0n) is 14.3. The second kappa shape index (κ2) is 8.06. The van der Waals surface area contributed by atoms with E-state index in [1.54, 1.807) is 41.2 Å². The number of rotatable bonds is 5. The van der Waals surface area contributed by atoms with Gasteiger partial charge in [-0.1, -0.05) is 46.3 Å². The molecule has 1 N–H and O–H groups in total. The van der Waals surface area contributed by atoms with E-state index in [-0.39, 0.29) is 18.2 Å². The van der Waals surface area contributed by atoms with E-state index in [9.17, 15) is 9.59 Å². The number of amides is 1.